The third-order valence-electron chi connectivity index (χ3n) is 5.29. The monoisotopic (exact) mass is 444 g/mol. The number of nitrogens with zero attached hydrogens (tertiary/aromatic N) is 5. The lowest BCUT2D eigenvalue weighted by Crippen LogP contribution is -2.56. The summed E-state index contributed by atoms with van der Waals surface area (Å²) in [4.78, 5) is 18.1. The maximum absolute atomic E-state index is 13.7. The Morgan fingerprint density at radius 3 is 2.69 bits per heavy atom. The van der Waals surface area contributed by atoms with Gasteiger partial charge < -0.3 is 15.4 Å². The number of rotatable bonds is 2. The van der Waals surface area contributed by atoms with E-state index in [0.717, 1.165) is 16.9 Å². The van der Waals surface area contributed by atoms with E-state index < -0.39 is 17.3 Å². The predicted molar refractivity (Wildman–Crippen MR) is 110 cm³/mol. The van der Waals surface area contributed by atoms with Crippen LogP contribution in [0, 0.1) is 11.3 Å². The first-order chi connectivity index (χ1) is 14.9. The molecule has 0 spiro atoms. The number of nitriles is 1. The number of nitrogen functional groups attached to an aromatic ring is 1. The summed E-state index contributed by atoms with van der Waals surface area (Å²) in [6, 6.07) is 7.44. The van der Waals surface area contributed by atoms with Gasteiger partial charge in [-0.05, 0) is 39.0 Å². The van der Waals surface area contributed by atoms with Gasteiger partial charge in [0.2, 0.25) is 0 Å². The van der Waals surface area contributed by atoms with Gasteiger partial charge in [-0.2, -0.15) is 23.5 Å². The van der Waals surface area contributed by atoms with Crippen molar-refractivity contribution in [3.05, 3.63) is 41.7 Å². The number of anilines is 2. The van der Waals surface area contributed by atoms with E-state index in [-0.39, 0.29) is 46.8 Å². The Labute approximate surface area is 181 Å². The van der Waals surface area contributed by atoms with Gasteiger partial charge in [0.25, 0.3) is 5.91 Å². The number of fused-ring (bicyclic) bond motifs is 1. The summed E-state index contributed by atoms with van der Waals surface area (Å²) in [5.41, 5.74) is 4.17. The van der Waals surface area contributed by atoms with Crippen LogP contribution in [-0.4, -0.2) is 38.8 Å². The van der Waals surface area contributed by atoms with Crippen LogP contribution in [0.15, 0.2) is 30.6 Å². The van der Waals surface area contributed by atoms with Crippen molar-refractivity contribution in [2.75, 3.05) is 17.2 Å². The number of carbonyl (C=O) groups excluding carboxylic acids is 1. The van der Waals surface area contributed by atoms with E-state index in [0.29, 0.717) is 5.56 Å². The fourth-order valence-corrected chi connectivity index (χ4v) is 3.96. The number of amides is 1. The molecule has 1 aliphatic rings. The lowest BCUT2D eigenvalue weighted by molar-refractivity contribution is -0.153. The Hall–Kier alpha value is -3.65. The SMILES string of the molecule is C[C@@H]1CN(c2cc(-c3cc(C(F)(F)F)c4c(N)ncnn34)ccc2C#N)C(=O)C(C)(C)O1. The van der Waals surface area contributed by atoms with Crippen molar-refractivity contribution in [1.82, 2.24) is 14.6 Å². The normalized spacial score (nSPS) is 18.7. The maximum atomic E-state index is 13.7. The molecule has 3 heterocycles. The van der Waals surface area contributed by atoms with Crippen molar-refractivity contribution in [1.29, 1.82) is 5.26 Å². The fraction of sp³-hybridized carbons (Fsp3) is 0.333. The van der Waals surface area contributed by atoms with Crippen molar-refractivity contribution in [2.45, 2.75) is 38.7 Å². The first-order valence-corrected chi connectivity index (χ1v) is 9.67. The van der Waals surface area contributed by atoms with Crippen LogP contribution in [0.3, 0.4) is 0 Å². The Morgan fingerprint density at radius 2 is 2.03 bits per heavy atom. The zero-order valence-electron chi connectivity index (χ0n) is 17.4. The van der Waals surface area contributed by atoms with Crippen molar-refractivity contribution in [3.63, 3.8) is 0 Å². The highest BCUT2D eigenvalue weighted by Gasteiger charge is 2.41. The van der Waals surface area contributed by atoms with Crippen LogP contribution < -0.4 is 10.6 Å². The molecule has 32 heavy (non-hydrogen) atoms. The Bertz CT molecular complexity index is 1280. The number of hydrogen-bond donors (Lipinski definition) is 1. The number of benzene rings is 1. The van der Waals surface area contributed by atoms with Crippen LogP contribution in [0.5, 0.6) is 0 Å². The van der Waals surface area contributed by atoms with E-state index in [2.05, 4.69) is 10.1 Å². The second-order valence-corrected chi connectivity index (χ2v) is 8.04. The maximum Gasteiger partial charge on any atom is 0.418 e. The quantitative estimate of drug-likeness (QED) is 0.649. The third-order valence-corrected chi connectivity index (χ3v) is 5.29. The van der Waals surface area contributed by atoms with Crippen molar-refractivity contribution < 1.29 is 22.7 Å². The van der Waals surface area contributed by atoms with Crippen LogP contribution in [0.2, 0.25) is 0 Å². The third kappa shape index (κ3) is 3.42. The van der Waals surface area contributed by atoms with Crippen LogP contribution in [0.4, 0.5) is 24.7 Å². The first kappa shape index (κ1) is 21.6. The molecule has 0 unspecified atom stereocenters. The minimum Gasteiger partial charge on any atom is -0.382 e. The number of alkyl halides is 3. The van der Waals surface area contributed by atoms with Gasteiger partial charge in [-0.25, -0.2) is 9.50 Å². The molecule has 1 saturated heterocycles. The number of halogens is 3. The minimum absolute atomic E-state index is 0.0974. The summed E-state index contributed by atoms with van der Waals surface area (Å²) in [7, 11) is 0. The molecule has 0 radical (unpaired) electrons. The van der Waals surface area contributed by atoms with E-state index in [1.165, 1.54) is 23.1 Å². The largest absolute Gasteiger partial charge is 0.418 e. The number of aromatic nitrogens is 3. The average molecular weight is 444 g/mol. The summed E-state index contributed by atoms with van der Waals surface area (Å²) in [5.74, 6) is -0.668. The number of morpholine rings is 1. The molecule has 4 rings (SSSR count). The molecule has 0 aliphatic carbocycles. The number of ether oxygens (including phenoxy) is 1. The number of carbonyl (C=O) groups is 1. The molecule has 1 amide bonds. The fourth-order valence-electron chi connectivity index (χ4n) is 3.96. The van der Waals surface area contributed by atoms with Gasteiger partial charge in [0.1, 0.15) is 23.5 Å². The Kier molecular flexibility index (Phi) is 4.86. The molecular formula is C21H19F3N6O2. The Morgan fingerprint density at radius 1 is 1.31 bits per heavy atom. The summed E-state index contributed by atoms with van der Waals surface area (Å²) in [6.07, 6.45) is -3.93. The van der Waals surface area contributed by atoms with Crippen LogP contribution in [-0.2, 0) is 15.7 Å². The molecule has 3 aromatic rings. The summed E-state index contributed by atoms with van der Waals surface area (Å²) in [5, 5.41) is 13.5. The van der Waals surface area contributed by atoms with Gasteiger partial charge in [-0.3, -0.25) is 4.79 Å². The molecule has 1 aromatic carbocycles. The molecule has 0 saturated carbocycles. The molecule has 11 heteroatoms. The van der Waals surface area contributed by atoms with E-state index in [1.54, 1.807) is 20.8 Å². The van der Waals surface area contributed by atoms with Crippen LogP contribution in [0.25, 0.3) is 16.8 Å². The molecule has 1 atom stereocenters. The molecule has 1 aliphatic heterocycles. The summed E-state index contributed by atoms with van der Waals surface area (Å²) < 4.78 is 47.7. The number of hydrogen-bond acceptors (Lipinski definition) is 6. The zero-order valence-corrected chi connectivity index (χ0v) is 17.4. The van der Waals surface area contributed by atoms with Crippen molar-refractivity contribution >= 4 is 22.9 Å². The summed E-state index contributed by atoms with van der Waals surface area (Å²) in [6.45, 7) is 5.25. The van der Waals surface area contributed by atoms with Gasteiger partial charge in [-0.1, -0.05) is 6.07 Å². The van der Waals surface area contributed by atoms with Gasteiger partial charge in [-0.15, -0.1) is 0 Å². The van der Waals surface area contributed by atoms with Crippen molar-refractivity contribution in [2.24, 2.45) is 0 Å². The van der Waals surface area contributed by atoms with Gasteiger partial charge in [0, 0.05) is 5.56 Å². The minimum atomic E-state index is -4.68. The average Bonchev–Trinajstić information content (AvgIpc) is 3.11. The predicted octanol–water partition coefficient (Wildman–Crippen LogP) is 3.40. The Balaban J connectivity index is 1.93. The molecule has 166 valence electrons. The lowest BCUT2D eigenvalue weighted by Gasteiger charge is -2.41. The lowest BCUT2D eigenvalue weighted by atomic mass is 10.0. The molecule has 2 N–H and O–H groups in total. The van der Waals surface area contributed by atoms with Gasteiger partial charge in [0.05, 0.1) is 35.2 Å². The zero-order chi connectivity index (χ0) is 23.4. The molecule has 0 bridgehead atoms. The smallest absolute Gasteiger partial charge is 0.382 e. The molecule has 2 aromatic heterocycles. The molecule has 1 fully saturated rings. The highest BCUT2D eigenvalue weighted by Crippen LogP contribution is 2.40. The van der Waals surface area contributed by atoms with Gasteiger partial charge >= 0.3 is 6.18 Å². The van der Waals surface area contributed by atoms with E-state index in [4.69, 9.17) is 10.5 Å². The highest BCUT2D eigenvalue weighted by molar-refractivity contribution is 6.01. The molecular weight excluding hydrogens is 425 g/mol. The standard InChI is InChI=1S/C21H19F3N6O2/c1-11-9-29(19(31)20(2,3)32-11)15-6-12(4-5-13(15)8-25)16-7-14(21(22,23)24)17-18(26)27-10-28-30(16)17/h4-7,10-11H,9H2,1-3H3,(H2,26,27,28)/t11-/m1/s1. The van der Waals surface area contributed by atoms with E-state index >= 15 is 0 Å². The van der Waals surface area contributed by atoms with E-state index in [1.807, 2.05) is 6.07 Å². The van der Waals surface area contributed by atoms with Crippen molar-refractivity contribution in [3.8, 4) is 17.3 Å². The number of nitrogens with two attached hydrogens (primary N) is 1. The first-order valence-electron chi connectivity index (χ1n) is 9.67. The van der Waals surface area contributed by atoms with Gasteiger partial charge in [0.15, 0.2) is 5.82 Å². The topological polar surface area (TPSA) is 110 Å². The second-order valence-electron chi connectivity index (χ2n) is 8.04. The highest BCUT2D eigenvalue weighted by atomic mass is 19.4. The van der Waals surface area contributed by atoms with Crippen LogP contribution >= 0.6 is 0 Å². The van der Waals surface area contributed by atoms with E-state index in [9.17, 15) is 23.2 Å². The molecule has 8 nitrogen and oxygen atoms in total. The summed E-state index contributed by atoms with van der Waals surface area (Å²) >= 11 is 0. The second kappa shape index (κ2) is 7.20. The van der Waals surface area contributed by atoms with Crippen LogP contribution in [0.1, 0.15) is 31.9 Å².